The van der Waals surface area contributed by atoms with E-state index in [-0.39, 0.29) is 0 Å². The molecular formula is C16H26N2OS. The SMILES string of the molecule is COCc1ccccc1C(CN)N1CCSC(C)(C)C1. The lowest BCUT2D eigenvalue weighted by molar-refractivity contribution is 0.171. The van der Waals surface area contributed by atoms with Crippen molar-refractivity contribution in [3.8, 4) is 0 Å². The molecule has 1 heterocycles. The van der Waals surface area contributed by atoms with Crippen LogP contribution in [0.25, 0.3) is 0 Å². The molecule has 1 unspecified atom stereocenters. The minimum absolute atomic E-state index is 0.293. The van der Waals surface area contributed by atoms with Gasteiger partial charge in [-0.15, -0.1) is 0 Å². The molecule has 0 saturated carbocycles. The van der Waals surface area contributed by atoms with Crippen LogP contribution in [0.1, 0.15) is 31.0 Å². The Balaban J connectivity index is 2.23. The zero-order valence-corrected chi connectivity index (χ0v) is 13.6. The van der Waals surface area contributed by atoms with Gasteiger partial charge in [0.1, 0.15) is 0 Å². The first-order chi connectivity index (χ1) is 9.57. The lowest BCUT2D eigenvalue weighted by atomic mass is 9.98. The number of ether oxygens (including phenoxy) is 1. The van der Waals surface area contributed by atoms with Crippen LogP contribution in [0.15, 0.2) is 24.3 Å². The van der Waals surface area contributed by atoms with Gasteiger partial charge in [-0.1, -0.05) is 24.3 Å². The van der Waals surface area contributed by atoms with Crippen LogP contribution in [-0.4, -0.2) is 42.1 Å². The van der Waals surface area contributed by atoms with Gasteiger partial charge in [-0.25, -0.2) is 0 Å². The van der Waals surface area contributed by atoms with Crippen molar-refractivity contribution >= 4 is 11.8 Å². The lowest BCUT2D eigenvalue weighted by Gasteiger charge is -2.42. The molecule has 0 amide bonds. The van der Waals surface area contributed by atoms with E-state index in [0.29, 0.717) is 23.9 Å². The summed E-state index contributed by atoms with van der Waals surface area (Å²) in [6.45, 7) is 8.13. The molecule has 0 spiro atoms. The topological polar surface area (TPSA) is 38.5 Å². The molecule has 0 aromatic heterocycles. The number of hydrogen-bond donors (Lipinski definition) is 1. The summed E-state index contributed by atoms with van der Waals surface area (Å²) in [5.41, 5.74) is 8.67. The number of nitrogens with zero attached hydrogens (tertiary/aromatic N) is 1. The Hall–Kier alpha value is -0.550. The second-order valence-electron chi connectivity index (χ2n) is 5.96. The highest BCUT2D eigenvalue weighted by Gasteiger charge is 2.31. The maximum Gasteiger partial charge on any atom is 0.0716 e. The van der Waals surface area contributed by atoms with E-state index in [0.717, 1.165) is 13.1 Å². The van der Waals surface area contributed by atoms with E-state index in [4.69, 9.17) is 10.5 Å². The van der Waals surface area contributed by atoms with Crippen LogP contribution in [0.2, 0.25) is 0 Å². The zero-order valence-electron chi connectivity index (χ0n) is 12.8. The highest BCUT2D eigenvalue weighted by Crippen LogP contribution is 2.34. The average molecular weight is 294 g/mol. The number of methoxy groups -OCH3 is 1. The monoisotopic (exact) mass is 294 g/mol. The lowest BCUT2D eigenvalue weighted by Crippen LogP contribution is -2.46. The Morgan fingerprint density at radius 1 is 1.40 bits per heavy atom. The fraction of sp³-hybridized carbons (Fsp3) is 0.625. The van der Waals surface area contributed by atoms with Gasteiger partial charge in [-0.05, 0) is 25.0 Å². The van der Waals surface area contributed by atoms with Crippen molar-refractivity contribution in [3.05, 3.63) is 35.4 Å². The number of nitrogens with two attached hydrogens (primary N) is 1. The van der Waals surface area contributed by atoms with Gasteiger partial charge in [-0.3, -0.25) is 4.90 Å². The van der Waals surface area contributed by atoms with Gasteiger partial charge >= 0.3 is 0 Å². The number of thioether (sulfide) groups is 1. The Labute approximate surface area is 126 Å². The van der Waals surface area contributed by atoms with Crippen molar-refractivity contribution in [3.63, 3.8) is 0 Å². The number of hydrogen-bond acceptors (Lipinski definition) is 4. The molecule has 1 aliphatic rings. The molecule has 2 N–H and O–H groups in total. The Morgan fingerprint density at radius 3 is 2.80 bits per heavy atom. The summed E-state index contributed by atoms with van der Waals surface area (Å²) in [6.07, 6.45) is 0. The van der Waals surface area contributed by atoms with E-state index in [1.807, 2.05) is 0 Å². The second kappa shape index (κ2) is 6.94. The molecule has 0 radical (unpaired) electrons. The molecule has 20 heavy (non-hydrogen) atoms. The molecule has 1 aromatic rings. The average Bonchev–Trinajstić information content (AvgIpc) is 2.41. The first-order valence-corrected chi connectivity index (χ1v) is 8.21. The fourth-order valence-corrected chi connectivity index (χ4v) is 4.07. The van der Waals surface area contributed by atoms with Gasteiger partial charge in [0.2, 0.25) is 0 Å². The van der Waals surface area contributed by atoms with E-state index >= 15 is 0 Å². The molecule has 0 bridgehead atoms. The summed E-state index contributed by atoms with van der Waals surface area (Å²) >= 11 is 2.05. The Morgan fingerprint density at radius 2 is 2.15 bits per heavy atom. The second-order valence-corrected chi connectivity index (χ2v) is 7.76. The highest BCUT2D eigenvalue weighted by molar-refractivity contribution is 8.00. The van der Waals surface area contributed by atoms with Crippen LogP contribution < -0.4 is 5.73 Å². The summed E-state index contributed by atoms with van der Waals surface area (Å²) in [6, 6.07) is 8.80. The van der Waals surface area contributed by atoms with Gasteiger partial charge in [0.25, 0.3) is 0 Å². The van der Waals surface area contributed by atoms with Crippen molar-refractivity contribution in [1.29, 1.82) is 0 Å². The van der Waals surface area contributed by atoms with Crippen LogP contribution in [0.5, 0.6) is 0 Å². The molecule has 2 rings (SSSR count). The molecule has 1 aromatic carbocycles. The van der Waals surface area contributed by atoms with Gasteiger partial charge < -0.3 is 10.5 Å². The van der Waals surface area contributed by atoms with Crippen LogP contribution in [-0.2, 0) is 11.3 Å². The standard InChI is InChI=1S/C16H26N2OS/c1-16(2)12-18(8-9-20-16)15(10-17)14-7-5-4-6-13(14)11-19-3/h4-7,15H,8-12,17H2,1-3H3. The molecule has 1 saturated heterocycles. The summed E-state index contributed by atoms with van der Waals surface area (Å²) in [5.74, 6) is 1.18. The molecule has 3 nitrogen and oxygen atoms in total. The molecule has 1 aliphatic heterocycles. The summed E-state index contributed by atoms with van der Waals surface area (Å²) in [4.78, 5) is 2.53. The zero-order chi connectivity index (χ0) is 14.6. The van der Waals surface area contributed by atoms with Crippen LogP contribution in [0, 0.1) is 0 Å². The van der Waals surface area contributed by atoms with Crippen LogP contribution in [0.4, 0.5) is 0 Å². The first-order valence-electron chi connectivity index (χ1n) is 7.22. The Kier molecular flexibility index (Phi) is 5.49. The predicted molar refractivity (Wildman–Crippen MR) is 87.1 cm³/mol. The van der Waals surface area contributed by atoms with Crippen molar-refractivity contribution < 1.29 is 4.74 Å². The van der Waals surface area contributed by atoms with Gasteiger partial charge in [-0.2, -0.15) is 11.8 Å². The first kappa shape index (κ1) is 15.8. The summed E-state index contributed by atoms with van der Waals surface area (Å²) < 4.78 is 5.64. The van der Waals surface area contributed by atoms with E-state index in [2.05, 4.69) is 54.8 Å². The third-order valence-electron chi connectivity index (χ3n) is 3.83. The van der Waals surface area contributed by atoms with Gasteiger partial charge in [0.05, 0.1) is 6.61 Å². The molecule has 0 aliphatic carbocycles. The van der Waals surface area contributed by atoms with Crippen molar-refractivity contribution in [2.45, 2.75) is 31.2 Å². The molecule has 4 heteroatoms. The predicted octanol–water partition coefficient (Wildman–Crippen LogP) is 2.66. The van der Waals surface area contributed by atoms with Crippen LogP contribution in [0.3, 0.4) is 0 Å². The quantitative estimate of drug-likeness (QED) is 0.906. The van der Waals surface area contributed by atoms with Gasteiger partial charge in [0.15, 0.2) is 0 Å². The molecule has 1 atom stereocenters. The maximum atomic E-state index is 6.10. The van der Waals surface area contributed by atoms with Crippen molar-refractivity contribution in [2.24, 2.45) is 5.73 Å². The normalized spacial score (nSPS) is 20.8. The number of benzene rings is 1. The summed E-state index contributed by atoms with van der Waals surface area (Å²) in [5, 5.41) is 0. The van der Waals surface area contributed by atoms with Crippen LogP contribution >= 0.6 is 11.8 Å². The molecular weight excluding hydrogens is 268 g/mol. The van der Waals surface area contributed by atoms with E-state index in [1.165, 1.54) is 16.9 Å². The smallest absolute Gasteiger partial charge is 0.0716 e. The largest absolute Gasteiger partial charge is 0.380 e. The third-order valence-corrected chi connectivity index (χ3v) is 5.13. The fourth-order valence-electron chi connectivity index (χ4n) is 2.94. The minimum atomic E-state index is 0.293. The van der Waals surface area contributed by atoms with Crippen molar-refractivity contribution in [2.75, 3.05) is 32.5 Å². The molecule has 112 valence electrons. The highest BCUT2D eigenvalue weighted by atomic mass is 32.2. The number of rotatable bonds is 5. The van der Waals surface area contributed by atoms with Crippen molar-refractivity contribution in [1.82, 2.24) is 4.90 Å². The van der Waals surface area contributed by atoms with Gasteiger partial charge in [0, 0.05) is 43.3 Å². The summed E-state index contributed by atoms with van der Waals surface area (Å²) in [7, 11) is 1.74. The maximum absolute atomic E-state index is 6.10. The van der Waals surface area contributed by atoms with E-state index in [1.54, 1.807) is 7.11 Å². The van der Waals surface area contributed by atoms with E-state index in [9.17, 15) is 0 Å². The minimum Gasteiger partial charge on any atom is -0.380 e. The van der Waals surface area contributed by atoms with E-state index < -0.39 is 0 Å². The molecule has 1 fully saturated rings. The Bertz CT molecular complexity index is 436. The third kappa shape index (κ3) is 3.76.